The number of aromatic nitrogens is 2. The first kappa shape index (κ1) is 11.3. The maximum atomic E-state index is 11.9. The summed E-state index contributed by atoms with van der Waals surface area (Å²) in [5.41, 5.74) is 2.51. The van der Waals surface area contributed by atoms with Gasteiger partial charge in [0.25, 0.3) is 5.91 Å². The molecule has 0 bridgehead atoms. The summed E-state index contributed by atoms with van der Waals surface area (Å²) in [6.07, 6.45) is 6.74. The molecule has 0 spiro atoms. The van der Waals surface area contributed by atoms with Crippen molar-refractivity contribution in [1.82, 2.24) is 15.3 Å². The van der Waals surface area contributed by atoms with Crippen molar-refractivity contribution < 1.29 is 4.79 Å². The van der Waals surface area contributed by atoms with Crippen LogP contribution in [-0.4, -0.2) is 15.9 Å². The quantitative estimate of drug-likeness (QED) is 0.868. The molecule has 0 atom stereocenters. The van der Waals surface area contributed by atoms with Crippen LogP contribution in [0.3, 0.4) is 0 Å². The van der Waals surface area contributed by atoms with Gasteiger partial charge in [-0.15, -0.1) is 0 Å². The van der Waals surface area contributed by atoms with Crippen LogP contribution in [0.4, 0.5) is 0 Å². The van der Waals surface area contributed by atoms with E-state index in [4.69, 9.17) is 0 Å². The van der Waals surface area contributed by atoms with Crippen LogP contribution in [0.25, 0.3) is 0 Å². The van der Waals surface area contributed by atoms with Crippen LogP contribution < -0.4 is 5.32 Å². The maximum Gasteiger partial charge on any atom is 0.251 e. The fraction of sp³-hybridized carbons (Fsp3) is 0.154. The monoisotopic (exact) mass is 227 g/mol. The first-order valence-electron chi connectivity index (χ1n) is 5.35. The lowest BCUT2D eigenvalue weighted by Gasteiger charge is -2.06. The lowest BCUT2D eigenvalue weighted by molar-refractivity contribution is 0.0950. The average molecular weight is 227 g/mol. The first-order valence-corrected chi connectivity index (χ1v) is 5.35. The molecule has 0 aliphatic heterocycles. The molecule has 0 fully saturated rings. The highest BCUT2D eigenvalue weighted by atomic mass is 16.1. The number of carbonyl (C=O) groups excluding carboxylic acids is 1. The largest absolute Gasteiger partial charge is 0.348 e. The lowest BCUT2D eigenvalue weighted by Crippen LogP contribution is -2.23. The molecule has 1 amide bonds. The van der Waals surface area contributed by atoms with Crippen LogP contribution in [0.1, 0.15) is 21.5 Å². The highest BCUT2D eigenvalue weighted by Gasteiger charge is 2.07. The first-order chi connectivity index (χ1) is 8.27. The van der Waals surface area contributed by atoms with Gasteiger partial charge in [-0.1, -0.05) is 6.07 Å². The number of pyridine rings is 2. The van der Waals surface area contributed by atoms with Crippen molar-refractivity contribution in [1.29, 1.82) is 0 Å². The van der Waals surface area contributed by atoms with Gasteiger partial charge in [0.15, 0.2) is 0 Å². The second-order valence-electron chi connectivity index (χ2n) is 3.73. The summed E-state index contributed by atoms with van der Waals surface area (Å²) in [6, 6.07) is 5.49. The number of carbonyl (C=O) groups is 1. The molecule has 2 heterocycles. The van der Waals surface area contributed by atoms with Crippen molar-refractivity contribution >= 4 is 5.91 Å². The van der Waals surface area contributed by atoms with Crippen LogP contribution in [-0.2, 0) is 6.54 Å². The zero-order valence-electron chi connectivity index (χ0n) is 9.55. The van der Waals surface area contributed by atoms with Crippen LogP contribution in [0.15, 0.2) is 43.0 Å². The van der Waals surface area contributed by atoms with Gasteiger partial charge < -0.3 is 5.32 Å². The van der Waals surface area contributed by atoms with Crippen molar-refractivity contribution in [2.75, 3.05) is 0 Å². The standard InChI is InChI=1S/C13H13N3O/c1-10-7-15-6-4-12(10)13(17)16-9-11-3-2-5-14-8-11/h2-8H,9H2,1H3,(H,16,17). The van der Waals surface area contributed by atoms with E-state index >= 15 is 0 Å². The van der Waals surface area contributed by atoms with Crippen molar-refractivity contribution in [3.05, 3.63) is 59.7 Å². The van der Waals surface area contributed by atoms with Gasteiger partial charge in [0.1, 0.15) is 0 Å². The molecular weight excluding hydrogens is 214 g/mol. The number of rotatable bonds is 3. The summed E-state index contributed by atoms with van der Waals surface area (Å²) in [7, 11) is 0. The minimum absolute atomic E-state index is 0.0891. The number of hydrogen-bond donors (Lipinski definition) is 1. The van der Waals surface area contributed by atoms with Gasteiger partial charge in [-0.25, -0.2) is 0 Å². The number of nitrogens with one attached hydrogen (secondary N) is 1. The lowest BCUT2D eigenvalue weighted by atomic mass is 10.1. The molecule has 0 aliphatic carbocycles. The topological polar surface area (TPSA) is 54.9 Å². The smallest absolute Gasteiger partial charge is 0.251 e. The van der Waals surface area contributed by atoms with E-state index in [1.54, 1.807) is 30.9 Å². The van der Waals surface area contributed by atoms with Crippen molar-refractivity contribution in [2.24, 2.45) is 0 Å². The van der Waals surface area contributed by atoms with Crippen LogP contribution in [0.5, 0.6) is 0 Å². The fourth-order valence-corrected chi connectivity index (χ4v) is 1.51. The predicted octanol–water partition coefficient (Wildman–Crippen LogP) is 1.72. The average Bonchev–Trinajstić information content (AvgIpc) is 2.38. The predicted molar refractivity (Wildman–Crippen MR) is 64.4 cm³/mol. The second kappa shape index (κ2) is 5.21. The molecule has 2 aromatic heterocycles. The summed E-state index contributed by atoms with van der Waals surface area (Å²) in [5.74, 6) is -0.0891. The molecule has 0 aromatic carbocycles. The Hall–Kier alpha value is -2.23. The van der Waals surface area contributed by atoms with E-state index in [2.05, 4.69) is 15.3 Å². The number of aryl methyl sites for hydroxylation is 1. The normalized spacial score (nSPS) is 9.94. The number of nitrogens with zero attached hydrogens (tertiary/aromatic N) is 2. The van der Waals surface area contributed by atoms with Crippen LogP contribution >= 0.6 is 0 Å². The molecule has 86 valence electrons. The summed E-state index contributed by atoms with van der Waals surface area (Å²) in [5, 5.41) is 2.85. The Morgan fingerprint density at radius 2 is 2.06 bits per heavy atom. The van der Waals surface area contributed by atoms with Gasteiger partial charge in [0.2, 0.25) is 0 Å². The van der Waals surface area contributed by atoms with E-state index in [1.807, 2.05) is 19.1 Å². The Morgan fingerprint density at radius 3 is 2.76 bits per heavy atom. The van der Waals surface area contributed by atoms with Gasteiger partial charge in [0, 0.05) is 36.9 Å². The van der Waals surface area contributed by atoms with Gasteiger partial charge >= 0.3 is 0 Å². The van der Waals surface area contributed by atoms with Gasteiger partial charge in [0.05, 0.1) is 0 Å². The molecule has 0 saturated carbocycles. The SMILES string of the molecule is Cc1cnccc1C(=O)NCc1cccnc1. The Balaban J connectivity index is 2.01. The molecule has 0 radical (unpaired) electrons. The Morgan fingerprint density at radius 1 is 1.24 bits per heavy atom. The zero-order chi connectivity index (χ0) is 12.1. The summed E-state index contributed by atoms with van der Waals surface area (Å²) in [6.45, 7) is 2.35. The molecule has 0 saturated heterocycles. The zero-order valence-corrected chi connectivity index (χ0v) is 9.55. The van der Waals surface area contributed by atoms with Crippen LogP contribution in [0.2, 0.25) is 0 Å². The summed E-state index contributed by atoms with van der Waals surface area (Å²) < 4.78 is 0. The molecule has 4 heteroatoms. The van der Waals surface area contributed by atoms with E-state index in [1.165, 1.54) is 0 Å². The minimum atomic E-state index is -0.0891. The van der Waals surface area contributed by atoms with E-state index < -0.39 is 0 Å². The van der Waals surface area contributed by atoms with Gasteiger partial charge in [-0.2, -0.15) is 0 Å². The molecule has 2 rings (SSSR count). The summed E-state index contributed by atoms with van der Waals surface area (Å²) in [4.78, 5) is 19.8. The molecule has 17 heavy (non-hydrogen) atoms. The van der Waals surface area contributed by atoms with Crippen molar-refractivity contribution in [3.8, 4) is 0 Å². The highest BCUT2D eigenvalue weighted by molar-refractivity contribution is 5.95. The van der Waals surface area contributed by atoms with Crippen LogP contribution in [0, 0.1) is 6.92 Å². The third-order valence-corrected chi connectivity index (χ3v) is 2.44. The molecule has 1 N–H and O–H groups in total. The maximum absolute atomic E-state index is 11.9. The Bertz CT molecular complexity index is 511. The molecule has 0 aliphatic rings. The summed E-state index contributed by atoms with van der Waals surface area (Å²) >= 11 is 0. The fourth-order valence-electron chi connectivity index (χ4n) is 1.51. The highest BCUT2D eigenvalue weighted by Crippen LogP contribution is 2.05. The van der Waals surface area contributed by atoms with E-state index in [0.29, 0.717) is 12.1 Å². The second-order valence-corrected chi connectivity index (χ2v) is 3.73. The number of hydrogen-bond acceptors (Lipinski definition) is 3. The van der Waals surface area contributed by atoms with Gasteiger partial charge in [-0.05, 0) is 30.2 Å². The van der Waals surface area contributed by atoms with Crippen molar-refractivity contribution in [3.63, 3.8) is 0 Å². The van der Waals surface area contributed by atoms with E-state index in [0.717, 1.165) is 11.1 Å². The third kappa shape index (κ3) is 2.87. The minimum Gasteiger partial charge on any atom is -0.348 e. The van der Waals surface area contributed by atoms with E-state index in [9.17, 15) is 4.79 Å². The van der Waals surface area contributed by atoms with Gasteiger partial charge in [-0.3, -0.25) is 14.8 Å². The molecule has 2 aromatic rings. The third-order valence-electron chi connectivity index (χ3n) is 2.44. The Labute approximate surface area is 99.7 Å². The molecule has 0 unspecified atom stereocenters. The van der Waals surface area contributed by atoms with E-state index in [-0.39, 0.29) is 5.91 Å². The molecule has 4 nitrogen and oxygen atoms in total. The van der Waals surface area contributed by atoms with Crippen molar-refractivity contribution in [2.45, 2.75) is 13.5 Å². The number of amides is 1. The molecular formula is C13H13N3O. The Kier molecular flexibility index (Phi) is 3.45.